The van der Waals surface area contributed by atoms with Gasteiger partial charge in [-0.3, -0.25) is 9.59 Å². The standard InChI is InChI=1S/C14H17FN2O3/c1-14(20,9-2-3-9)8-16-12(18)13(19)17-11-6-4-10(15)5-7-11/h4-7,9,20H,2-3,8H2,1H3,(H,16,18)(H,17,19). The highest BCUT2D eigenvalue weighted by atomic mass is 19.1. The highest BCUT2D eigenvalue weighted by molar-refractivity contribution is 6.39. The second kappa shape index (κ2) is 5.58. The molecule has 0 aromatic heterocycles. The lowest BCUT2D eigenvalue weighted by Crippen LogP contribution is -2.45. The van der Waals surface area contributed by atoms with Crippen LogP contribution in [0.25, 0.3) is 0 Å². The van der Waals surface area contributed by atoms with Crippen LogP contribution in [0.15, 0.2) is 24.3 Å². The molecule has 1 fully saturated rings. The third-order valence-corrected chi connectivity index (χ3v) is 3.37. The lowest BCUT2D eigenvalue weighted by Gasteiger charge is -2.22. The summed E-state index contributed by atoms with van der Waals surface area (Å²) in [5.74, 6) is -1.91. The Labute approximate surface area is 116 Å². The Kier molecular flexibility index (Phi) is 4.04. The highest BCUT2D eigenvalue weighted by Crippen LogP contribution is 2.38. The number of carbonyl (C=O) groups is 2. The van der Waals surface area contributed by atoms with E-state index in [-0.39, 0.29) is 12.5 Å². The van der Waals surface area contributed by atoms with Gasteiger partial charge in [-0.05, 0) is 49.9 Å². The van der Waals surface area contributed by atoms with Crippen molar-refractivity contribution in [3.05, 3.63) is 30.1 Å². The van der Waals surface area contributed by atoms with Gasteiger partial charge in [0.2, 0.25) is 0 Å². The quantitative estimate of drug-likeness (QED) is 0.721. The van der Waals surface area contributed by atoms with E-state index in [4.69, 9.17) is 0 Å². The first-order valence-electron chi connectivity index (χ1n) is 6.45. The van der Waals surface area contributed by atoms with Gasteiger partial charge in [-0.1, -0.05) is 0 Å². The number of hydrogen-bond acceptors (Lipinski definition) is 3. The van der Waals surface area contributed by atoms with Gasteiger partial charge in [0, 0.05) is 12.2 Å². The molecule has 5 nitrogen and oxygen atoms in total. The summed E-state index contributed by atoms with van der Waals surface area (Å²) in [7, 11) is 0. The molecular weight excluding hydrogens is 263 g/mol. The maximum absolute atomic E-state index is 12.7. The third-order valence-electron chi connectivity index (χ3n) is 3.37. The smallest absolute Gasteiger partial charge is 0.313 e. The molecular formula is C14H17FN2O3. The van der Waals surface area contributed by atoms with E-state index >= 15 is 0 Å². The summed E-state index contributed by atoms with van der Waals surface area (Å²) in [5.41, 5.74) is -0.647. The van der Waals surface area contributed by atoms with Gasteiger partial charge >= 0.3 is 11.8 Å². The molecule has 3 N–H and O–H groups in total. The van der Waals surface area contributed by atoms with Gasteiger partial charge in [-0.25, -0.2) is 4.39 Å². The number of hydrogen-bond donors (Lipinski definition) is 3. The van der Waals surface area contributed by atoms with Crippen LogP contribution < -0.4 is 10.6 Å². The van der Waals surface area contributed by atoms with Crippen molar-refractivity contribution in [3.8, 4) is 0 Å². The van der Waals surface area contributed by atoms with Crippen molar-refractivity contribution in [3.63, 3.8) is 0 Å². The summed E-state index contributed by atoms with van der Waals surface area (Å²) in [5, 5.41) is 14.8. The van der Waals surface area contributed by atoms with E-state index in [2.05, 4.69) is 10.6 Å². The number of nitrogens with one attached hydrogen (secondary N) is 2. The molecule has 1 aromatic rings. The summed E-state index contributed by atoms with van der Waals surface area (Å²) < 4.78 is 12.7. The Morgan fingerprint density at radius 2 is 1.90 bits per heavy atom. The van der Waals surface area contributed by atoms with Crippen molar-refractivity contribution in [2.45, 2.75) is 25.4 Å². The van der Waals surface area contributed by atoms with Gasteiger partial charge in [0.25, 0.3) is 0 Å². The minimum atomic E-state index is -0.980. The predicted octanol–water partition coefficient (Wildman–Crippen LogP) is 1.04. The number of carbonyl (C=O) groups excluding carboxylic acids is 2. The van der Waals surface area contributed by atoms with E-state index in [9.17, 15) is 19.1 Å². The molecule has 1 unspecified atom stereocenters. The van der Waals surface area contributed by atoms with Crippen molar-refractivity contribution in [2.75, 3.05) is 11.9 Å². The highest BCUT2D eigenvalue weighted by Gasteiger charge is 2.40. The van der Waals surface area contributed by atoms with Crippen molar-refractivity contribution >= 4 is 17.5 Å². The summed E-state index contributed by atoms with van der Waals surface area (Å²) >= 11 is 0. The monoisotopic (exact) mass is 280 g/mol. The molecule has 0 spiro atoms. The minimum Gasteiger partial charge on any atom is -0.388 e. The van der Waals surface area contributed by atoms with Crippen LogP contribution in [0.5, 0.6) is 0 Å². The van der Waals surface area contributed by atoms with Gasteiger partial charge in [-0.15, -0.1) is 0 Å². The predicted molar refractivity (Wildman–Crippen MR) is 71.4 cm³/mol. The van der Waals surface area contributed by atoms with Crippen molar-refractivity contribution in [1.82, 2.24) is 5.32 Å². The molecule has 1 aliphatic rings. The zero-order valence-corrected chi connectivity index (χ0v) is 11.1. The zero-order valence-electron chi connectivity index (χ0n) is 11.1. The first-order chi connectivity index (χ1) is 9.38. The van der Waals surface area contributed by atoms with E-state index in [1.807, 2.05) is 0 Å². The van der Waals surface area contributed by atoms with E-state index < -0.39 is 23.2 Å². The Bertz CT molecular complexity index is 510. The lowest BCUT2D eigenvalue weighted by atomic mass is 10.0. The Balaban J connectivity index is 1.82. The number of aliphatic hydroxyl groups is 1. The molecule has 0 saturated heterocycles. The van der Waals surface area contributed by atoms with Crippen LogP contribution in [0.1, 0.15) is 19.8 Å². The number of halogens is 1. The summed E-state index contributed by atoms with van der Waals surface area (Å²) in [6, 6.07) is 5.10. The molecule has 0 heterocycles. The zero-order chi connectivity index (χ0) is 14.8. The summed E-state index contributed by atoms with van der Waals surface area (Å²) in [4.78, 5) is 23.2. The van der Waals surface area contributed by atoms with Gasteiger partial charge in [0.05, 0.1) is 5.60 Å². The minimum absolute atomic E-state index is 0.0351. The first kappa shape index (κ1) is 14.5. The van der Waals surface area contributed by atoms with Crippen molar-refractivity contribution < 1.29 is 19.1 Å². The molecule has 2 amide bonds. The van der Waals surface area contributed by atoms with Crippen LogP contribution in [0, 0.1) is 11.7 Å². The molecule has 0 bridgehead atoms. The Morgan fingerprint density at radius 3 is 2.45 bits per heavy atom. The van der Waals surface area contributed by atoms with E-state index in [1.54, 1.807) is 6.92 Å². The van der Waals surface area contributed by atoms with E-state index in [0.29, 0.717) is 5.69 Å². The fourth-order valence-corrected chi connectivity index (χ4v) is 1.91. The second-order valence-electron chi connectivity index (χ2n) is 5.28. The summed E-state index contributed by atoms with van der Waals surface area (Å²) in [6.07, 6.45) is 1.87. The number of anilines is 1. The van der Waals surface area contributed by atoms with E-state index in [0.717, 1.165) is 12.8 Å². The van der Waals surface area contributed by atoms with Crippen molar-refractivity contribution in [2.24, 2.45) is 5.92 Å². The molecule has 20 heavy (non-hydrogen) atoms. The fraction of sp³-hybridized carbons (Fsp3) is 0.429. The molecule has 1 aliphatic carbocycles. The van der Waals surface area contributed by atoms with Crippen LogP contribution >= 0.6 is 0 Å². The maximum Gasteiger partial charge on any atom is 0.313 e. The molecule has 6 heteroatoms. The Hall–Kier alpha value is -1.95. The van der Waals surface area contributed by atoms with Crippen LogP contribution in [0.4, 0.5) is 10.1 Å². The number of amides is 2. The molecule has 0 aliphatic heterocycles. The molecule has 1 saturated carbocycles. The third kappa shape index (κ3) is 3.77. The van der Waals surface area contributed by atoms with Crippen LogP contribution in [-0.2, 0) is 9.59 Å². The maximum atomic E-state index is 12.7. The Morgan fingerprint density at radius 1 is 1.30 bits per heavy atom. The first-order valence-corrected chi connectivity index (χ1v) is 6.45. The van der Waals surface area contributed by atoms with Crippen LogP contribution in [0.3, 0.4) is 0 Å². The van der Waals surface area contributed by atoms with Gasteiger partial charge in [-0.2, -0.15) is 0 Å². The van der Waals surface area contributed by atoms with Crippen LogP contribution in [0.2, 0.25) is 0 Å². The normalized spacial score (nSPS) is 17.1. The number of rotatable bonds is 4. The lowest BCUT2D eigenvalue weighted by molar-refractivity contribution is -0.136. The number of benzene rings is 1. The molecule has 2 rings (SSSR count). The molecule has 108 valence electrons. The van der Waals surface area contributed by atoms with Crippen molar-refractivity contribution in [1.29, 1.82) is 0 Å². The topological polar surface area (TPSA) is 78.4 Å². The van der Waals surface area contributed by atoms with Crippen LogP contribution in [-0.4, -0.2) is 29.1 Å². The molecule has 1 atom stereocenters. The second-order valence-corrected chi connectivity index (χ2v) is 5.28. The average molecular weight is 280 g/mol. The molecule has 1 aromatic carbocycles. The summed E-state index contributed by atoms with van der Waals surface area (Å²) in [6.45, 7) is 1.68. The van der Waals surface area contributed by atoms with Gasteiger partial charge < -0.3 is 15.7 Å². The largest absolute Gasteiger partial charge is 0.388 e. The SMILES string of the molecule is CC(O)(CNC(=O)C(=O)Nc1ccc(F)cc1)C1CC1. The van der Waals surface area contributed by atoms with E-state index in [1.165, 1.54) is 24.3 Å². The fourth-order valence-electron chi connectivity index (χ4n) is 1.91. The molecule has 0 radical (unpaired) electrons. The van der Waals surface area contributed by atoms with Gasteiger partial charge in [0.1, 0.15) is 5.82 Å². The van der Waals surface area contributed by atoms with Gasteiger partial charge in [0.15, 0.2) is 0 Å². The average Bonchev–Trinajstić information content (AvgIpc) is 3.23.